The first kappa shape index (κ1) is 20.4. The second-order valence-corrected chi connectivity index (χ2v) is 7.52. The molecule has 0 unspecified atom stereocenters. The van der Waals surface area contributed by atoms with Crippen LogP contribution in [0.25, 0.3) is 11.4 Å². The number of carbonyl (C=O) groups is 1. The lowest BCUT2D eigenvalue weighted by atomic mass is 9.92. The van der Waals surface area contributed by atoms with E-state index in [1.807, 2.05) is 0 Å². The minimum atomic E-state index is -0.576. The fourth-order valence-electron chi connectivity index (χ4n) is 2.54. The van der Waals surface area contributed by atoms with Gasteiger partial charge in [0, 0.05) is 12.0 Å². The SMILES string of the molecule is COC(=O)c1coc(COc2ccc(-c3noc(CC(C)(C)C)n3)cc2OC)n1. The maximum absolute atomic E-state index is 11.4. The molecule has 9 heteroatoms. The summed E-state index contributed by atoms with van der Waals surface area (Å²) in [6, 6.07) is 5.30. The molecule has 9 nitrogen and oxygen atoms in total. The van der Waals surface area contributed by atoms with Crippen molar-refractivity contribution in [2.24, 2.45) is 5.41 Å². The largest absolute Gasteiger partial charge is 0.493 e. The van der Waals surface area contributed by atoms with E-state index >= 15 is 0 Å². The molecule has 2 aromatic heterocycles. The fourth-order valence-corrected chi connectivity index (χ4v) is 2.54. The summed E-state index contributed by atoms with van der Waals surface area (Å²) in [5.41, 5.74) is 0.867. The third-order valence-corrected chi connectivity index (χ3v) is 3.87. The molecule has 0 aliphatic carbocycles. The number of oxazole rings is 1. The number of hydrogen-bond donors (Lipinski definition) is 0. The average Bonchev–Trinajstić information content (AvgIpc) is 3.34. The lowest BCUT2D eigenvalue weighted by Crippen LogP contribution is -2.09. The molecule has 0 atom stereocenters. The Morgan fingerprint density at radius 3 is 2.59 bits per heavy atom. The Morgan fingerprint density at radius 2 is 1.90 bits per heavy atom. The number of ether oxygens (including phenoxy) is 3. The maximum Gasteiger partial charge on any atom is 0.360 e. The van der Waals surface area contributed by atoms with Gasteiger partial charge in [-0.1, -0.05) is 25.9 Å². The van der Waals surface area contributed by atoms with Gasteiger partial charge in [-0.25, -0.2) is 9.78 Å². The molecule has 0 radical (unpaired) electrons. The number of nitrogens with zero attached hydrogens (tertiary/aromatic N) is 3. The Morgan fingerprint density at radius 1 is 1.10 bits per heavy atom. The van der Waals surface area contributed by atoms with Gasteiger partial charge in [-0.3, -0.25) is 0 Å². The van der Waals surface area contributed by atoms with E-state index in [0.29, 0.717) is 29.6 Å². The van der Waals surface area contributed by atoms with Crippen molar-refractivity contribution < 1.29 is 27.9 Å². The van der Waals surface area contributed by atoms with Gasteiger partial charge in [0.2, 0.25) is 17.6 Å². The van der Waals surface area contributed by atoms with Gasteiger partial charge in [-0.15, -0.1) is 0 Å². The quantitative estimate of drug-likeness (QED) is 0.547. The smallest absolute Gasteiger partial charge is 0.360 e. The molecule has 0 amide bonds. The number of esters is 1. The molecule has 29 heavy (non-hydrogen) atoms. The molecule has 2 heterocycles. The van der Waals surface area contributed by atoms with Crippen molar-refractivity contribution in [2.75, 3.05) is 14.2 Å². The number of benzene rings is 1. The molecule has 1 aromatic carbocycles. The third kappa shape index (κ3) is 5.13. The van der Waals surface area contributed by atoms with E-state index in [4.69, 9.17) is 18.4 Å². The molecular formula is C20H23N3O6. The summed E-state index contributed by atoms with van der Waals surface area (Å²) in [4.78, 5) is 19.9. The summed E-state index contributed by atoms with van der Waals surface area (Å²) in [7, 11) is 2.81. The summed E-state index contributed by atoms with van der Waals surface area (Å²) in [6.07, 6.45) is 1.90. The van der Waals surface area contributed by atoms with Crippen molar-refractivity contribution in [2.45, 2.75) is 33.8 Å². The van der Waals surface area contributed by atoms with Gasteiger partial charge in [-0.05, 0) is 23.6 Å². The molecule has 0 fully saturated rings. The highest BCUT2D eigenvalue weighted by Crippen LogP contribution is 2.32. The van der Waals surface area contributed by atoms with Crippen molar-refractivity contribution in [1.29, 1.82) is 0 Å². The molecule has 0 saturated heterocycles. The Balaban J connectivity index is 1.72. The molecule has 0 saturated carbocycles. The van der Waals surface area contributed by atoms with Crippen LogP contribution in [0.1, 0.15) is 43.0 Å². The third-order valence-electron chi connectivity index (χ3n) is 3.87. The van der Waals surface area contributed by atoms with Gasteiger partial charge < -0.3 is 23.2 Å². The van der Waals surface area contributed by atoms with Crippen LogP contribution in [-0.2, 0) is 17.8 Å². The van der Waals surface area contributed by atoms with Crippen LogP contribution in [0.5, 0.6) is 11.5 Å². The highest BCUT2D eigenvalue weighted by atomic mass is 16.5. The lowest BCUT2D eigenvalue weighted by molar-refractivity contribution is 0.0594. The average molecular weight is 401 g/mol. The van der Waals surface area contributed by atoms with Crippen LogP contribution in [0.3, 0.4) is 0 Å². The molecule has 154 valence electrons. The molecular weight excluding hydrogens is 378 g/mol. The van der Waals surface area contributed by atoms with E-state index in [1.165, 1.54) is 20.5 Å². The van der Waals surface area contributed by atoms with Gasteiger partial charge in [0.1, 0.15) is 6.26 Å². The van der Waals surface area contributed by atoms with Crippen LogP contribution >= 0.6 is 0 Å². The molecule has 0 aliphatic rings. The molecule has 3 rings (SSSR count). The van der Waals surface area contributed by atoms with Gasteiger partial charge in [0.15, 0.2) is 23.8 Å². The predicted molar refractivity (Wildman–Crippen MR) is 102 cm³/mol. The second-order valence-electron chi connectivity index (χ2n) is 7.52. The standard InChI is InChI=1S/C20H23N3O6/c1-20(2,3)9-16-22-18(23-29-16)12-6-7-14(15(8-12)25-4)27-11-17-21-13(10-28-17)19(24)26-5/h6-8,10H,9,11H2,1-5H3. The number of carbonyl (C=O) groups excluding carboxylic acids is 1. The van der Waals surface area contributed by atoms with E-state index in [0.717, 1.165) is 5.56 Å². The minimum absolute atomic E-state index is 0.0185. The number of methoxy groups -OCH3 is 2. The molecule has 3 aromatic rings. The summed E-state index contributed by atoms with van der Waals surface area (Å²) in [5, 5.41) is 4.05. The summed E-state index contributed by atoms with van der Waals surface area (Å²) < 4.78 is 26.3. The lowest BCUT2D eigenvalue weighted by Gasteiger charge is -2.13. The minimum Gasteiger partial charge on any atom is -0.493 e. The van der Waals surface area contributed by atoms with Crippen molar-refractivity contribution in [1.82, 2.24) is 15.1 Å². The van der Waals surface area contributed by atoms with E-state index in [1.54, 1.807) is 18.2 Å². The zero-order valence-corrected chi connectivity index (χ0v) is 17.0. The predicted octanol–water partition coefficient (Wildman–Crippen LogP) is 3.69. The molecule has 0 bridgehead atoms. The van der Waals surface area contributed by atoms with Crippen LogP contribution < -0.4 is 9.47 Å². The topological polar surface area (TPSA) is 110 Å². The molecule has 0 N–H and O–H groups in total. The first-order valence-electron chi connectivity index (χ1n) is 8.95. The van der Waals surface area contributed by atoms with Gasteiger partial charge in [0.05, 0.1) is 14.2 Å². The number of rotatable bonds is 7. The fraction of sp³-hybridized carbons (Fsp3) is 0.400. The number of aromatic nitrogens is 3. The Kier molecular flexibility index (Phi) is 5.86. The summed E-state index contributed by atoms with van der Waals surface area (Å²) in [6.45, 7) is 6.33. The Labute approximate surface area is 168 Å². The van der Waals surface area contributed by atoms with Crippen LogP contribution in [-0.4, -0.2) is 35.3 Å². The number of hydrogen-bond acceptors (Lipinski definition) is 9. The van der Waals surface area contributed by atoms with Crippen LogP contribution in [0.4, 0.5) is 0 Å². The van der Waals surface area contributed by atoms with E-state index in [-0.39, 0.29) is 23.6 Å². The summed E-state index contributed by atoms with van der Waals surface area (Å²) >= 11 is 0. The Hall–Kier alpha value is -3.36. The monoisotopic (exact) mass is 401 g/mol. The van der Waals surface area contributed by atoms with Crippen molar-refractivity contribution in [3.8, 4) is 22.9 Å². The van der Waals surface area contributed by atoms with Crippen LogP contribution in [0.15, 0.2) is 33.4 Å². The van der Waals surface area contributed by atoms with Crippen molar-refractivity contribution in [3.63, 3.8) is 0 Å². The van der Waals surface area contributed by atoms with Crippen molar-refractivity contribution >= 4 is 5.97 Å². The Bertz CT molecular complexity index is 986. The highest BCUT2D eigenvalue weighted by molar-refractivity contribution is 5.86. The zero-order chi connectivity index (χ0) is 21.0. The van der Waals surface area contributed by atoms with E-state index in [2.05, 4.69) is 40.6 Å². The van der Waals surface area contributed by atoms with E-state index in [9.17, 15) is 4.79 Å². The summed E-state index contributed by atoms with van der Waals surface area (Å²) in [5.74, 6) is 1.69. The van der Waals surface area contributed by atoms with Crippen molar-refractivity contribution in [3.05, 3.63) is 41.9 Å². The normalized spacial score (nSPS) is 11.3. The molecule has 0 spiro atoms. The van der Waals surface area contributed by atoms with Crippen LogP contribution in [0.2, 0.25) is 0 Å². The van der Waals surface area contributed by atoms with Gasteiger partial charge in [0.25, 0.3) is 0 Å². The first-order chi connectivity index (χ1) is 13.8. The molecule has 0 aliphatic heterocycles. The zero-order valence-electron chi connectivity index (χ0n) is 17.0. The van der Waals surface area contributed by atoms with Crippen LogP contribution in [0, 0.1) is 5.41 Å². The van der Waals surface area contributed by atoms with E-state index < -0.39 is 5.97 Å². The van der Waals surface area contributed by atoms with Gasteiger partial charge in [-0.2, -0.15) is 4.98 Å². The first-order valence-corrected chi connectivity index (χ1v) is 8.95. The van der Waals surface area contributed by atoms with Gasteiger partial charge >= 0.3 is 5.97 Å². The second kappa shape index (κ2) is 8.34. The highest BCUT2D eigenvalue weighted by Gasteiger charge is 2.18. The maximum atomic E-state index is 11.4.